The summed E-state index contributed by atoms with van der Waals surface area (Å²) < 4.78 is 0. The van der Waals surface area contributed by atoms with E-state index in [2.05, 4.69) is 6.58 Å². The minimum atomic E-state index is 0.110. The highest BCUT2D eigenvalue weighted by molar-refractivity contribution is 5.88. The number of nitrogens with zero attached hydrogens (tertiary/aromatic N) is 1. The van der Waals surface area contributed by atoms with Crippen molar-refractivity contribution in [2.75, 3.05) is 13.1 Å². The van der Waals surface area contributed by atoms with Gasteiger partial charge in [-0.2, -0.15) is 0 Å². The molecule has 0 fully saturated rings. The quantitative estimate of drug-likeness (QED) is 0.545. The van der Waals surface area contributed by atoms with Gasteiger partial charge in [0.15, 0.2) is 0 Å². The van der Waals surface area contributed by atoms with Gasteiger partial charge in [0, 0.05) is 13.1 Å². The topological polar surface area (TPSA) is 20.3 Å². The molecule has 0 atom stereocenters. The lowest BCUT2D eigenvalue weighted by atomic mass is 10.2. The zero-order valence-electron chi connectivity index (χ0n) is 6.84. The maximum atomic E-state index is 11.1. The fourth-order valence-electron chi connectivity index (χ4n) is 1.11. The predicted molar refractivity (Wildman–Crippen MR) is 45.2 cm³/mol. The second kappa shape index (κ2) is 3.37. The molecule has 1 amide bonds. The molecule has 1 aliphatic heterocycles. The first-order chi connectivity index (χ1) is 5.20. The van der Waals surface area contributed by atoms with Crippen molar-refractivity contribution in [1.82, 2.24) is 4.90 Å². The summed E-state index contributed by atoms with van der Waals surface area (Å²) in [6.07, 6.45) is 4.52. The minimum absolute atomic E-state index is 0.110. The fraction of sp³-hybridized carbons (Fsp3) is 0.444. The second-order valence-electron chi connectivity index (χ2n) is 2.91. The van der Waals surface area contributed by atoms with Crippen molar-refractivity contribution in [2.45, 2.75) is 13.3 Å². The van der Waals surface area contributed by atoms with Gasteiger partial charge in [-0.15, -0.1) is 0 Å². The maximum Gasteiger partial charge on any atom is 0.246 e. The highest BCUT2D eigenvalue weighted by Gasteiger charge is 2.12. The Morgan fingerprint density at radius 1 is 1.82 bits per heavy atom. The van der Waals surface area contributed by atoms with E-state index in [1.807, 2.05) is 17.9 Å². The molecule has 0 unspecified atom stereocenters. The summed E-state index contributed by atoms with van der Waals surface area (Å²) in [5.41, 5.74) is 1.04. The van der Waals surface area contributed by atoms with Crippen molar-refractivity contribution in [3.63, 3.8) is 0 Å². The first-order valence-electron chi connectivity index (χ1n) is 3.80. The molecule has 0 aromatic rings. The van der Waals surface area contributed by atoms with Crippen LogP contribution in [0.2, 0.25) is 0 Å². The van der Waals surface area contributed by atoms with Crippen LogP contribution in [0.3, 0.4) is 0 Å². The molecule has 1 rings (SSSR count). The largest absolute Gasteiger partial charge is 0.335 e. The third kappa shape index (κ3) is 2.22. The monoisotopic (exact) mass is 151 g/mol. The summed E-state index contributed by atoms with van der Waals surface area (Å²) in [4.78, 5) is 12.9. The molecule has 1 aliphatic rings. The van der Waals surface area contributed by atoms with Gasteiger partial charge in [-0.05, 0) is 19.4 Å². The third-order valence-corrected chi connectivity index (χ3v) is 1.60. The first-order valence-corrected chi connectivity index (χ1v) is 3.80. The van der Waals surface area contributed by atoms with Crippen LogP contribution in [-0.2, 0) is 4.79 Å². The van der Waals surface area contributed by atoms with E-state index < -0.39 is 0 Å². The van der Waals surface area contributed by atoms with Crippen molar-refractivity contribution >= 4 is 5.91 Å². The lowest BCUT2D eigenvalue weighted by molar-refractivity contribution is -0.126. The standard InChI is InChI=1S/C9H13NO/c1-8(2)7-10-6-4-3-5-9(10)11/h3,5H,1,4,6-7H2,2H3. The molecule has 0 aliphatic carbocycles. The van der Waals surface area contributed by atoms with Gasteiger partial charge < -0.3 is 4.90 Å². The van der Waals surface area contributed by atoms with Crippen molar-refractivity contribution < 1.29 is 4.79 Å². The Hall–Kier alpha value is -1.05. The molecule has 0 spiro atoms. The van der Waals surface area contributed by atoms with Crippen LogP contribution < -0.4 is 0 Å². The molecule has 0 aromatic heterocycles. The van der Waals surface area contributed by atoms with E-state index in [9.17, 15) is 4.79 Å². The number of rotatable bonds is 2. The average Bonchev–Trinajstić information content (AvgIpc) is 1.93. The van der Waals surface area contributed by atoms with Gasteiger partial charge in [0.05, 0.1) is 0 Å². The van der Waals surface area contributed by atoms with Crippen molar-refractivity contribution in [1.29, 1.82) is 0 Å². The highest BCUT2D eigenvalue weighted by atomic mass is 16.2. The molecule has 2 heteroatoms. The van der Waals surface area contributed by atoms with Crippen molar-refractivity contribution in [3.8, 4) is 0 Å². The molecule has 60 valence electrons. The molecule has 11 heavy (non-hydrogen) atoms. The van der Waals surface area contributed by atoms with E-state index in [0.29, 0.717) is 6.54 Å². The Morgan fingerprint density at radius 2 is 2.55 bits per heavy atom. The normalized spacial score (nSPS) is 17.2. The predicted octanol–water partition coefficient (Wildman–Crippen LogP) is 1.35. The van der Waals surface area contributed by atoms with Gasteiger partial charge in [-0.1, -0.05) is 18.2 Å². The summed E-state index contributed by atoms with van der Waals surface area (Å²) in [7, 11) is 0. The average molecular weight is 151 g/mol. The summed E-state index contributed by atoms with van der Waals surface area (Å²) in [6.45, 7) is 7.23. The number of amides is 1. The third-order valence-electron chi connectivity index (χ3n) is 1.60. The minimum Gasteiger partial charge on any atom is -0.335 e. The zero-order chi connectivity index (χ0) is 8.27. The summed E-state index contributed by atoms with van der Waals surface area (Å²) in [5.74, 6) is 0.110. The maximum absolute atomic E-state index is 11.1. The van der Waals surface area contributed by atoms with E-state index in [0.717, 1.165) is 18.5 Å². The van der Waals surface area contributed by atoms with E-state index in [1.165, 1.54) is 0 Å². The first kappa shape index (κ1) is 8.05. The van der Waals surface area contributed by atoms with Crippen LogP contribution in [0.5, 0.6) is 0 Å². The van der Waals surface area contributed by atoms with E-state index in [1.54, 1.807) is 6.08 Å². The van der Waals surface area contributed by atoms with Crippen LogP contribution in [0.1, 0.15) is 13.3 Å². The molecule has 1 heterocycles. The van der Waals surface area contributed by atoms with Crippen LogP contribution in [0.4, 0.5) is 0 Å². The number of carbonyl (C=O) groups excluding carboxylic acids is 1. The second-order valence-corrected chi connectivity index (χ2v) is 2.91. The lowest BCUT2D eigenvalue weighted by Gasteiger charge is -2.23. The molecule has 0 radical (unpaired) electrons. The lowest BCUT2D eigenvalue weighted by Crippen LogP contribution is -2.33. The van der Waals surface area contributed by atoms with Gasteiger partial charge in [-0.25, -0.2) is 0 Å². The molecule has 0 aromatic carbocycles. The zero-order valence-corrected chi connectivity index (χ0v) is 6.84. The number of carbonyl (C=O) groups is 1. The molecular formula is C9H13NO. The van der Waals surface area contributed by atoms with Gasteiger partial charge in [0.25, 0.3) is 0 Å². The molecule has 0 saturated carbocycles. The summed E-state index contributed by atoms with van der Waals surface area (Å²) in [6, 6.07) is 0. The Kier molecular flexibility index (Phi) is 2.47. The summed E-state index contributed by atoms with van der Waals surface area (Å²) >= 11 is 0. The Morgan fingerprint density at radius 3 is 3.09 bits per heavy atom. The van der Waals surface area contributed by atoms with E-state index >= 15 is 0 Å². The van der Waals surface area contributed by atoms with Gasteiger partial charge in [-0.3, -0.25) is 4.79 Å². The number of hydrogen-bond acceptors (Lipinski definition) is 1. The fourth-order valence-corrected chi connectivity index (χ4v) is 1.11. The molecule has 0 N–H and O–H groups in total. The van der Waals surface area contributed by atoms with Gasteiger partial charge in [0.2, 0.25) is 5.91 Å². The van der Waals surface area contributed by atoms with Gasteiger partial charge in [0.1, 0.15) is 0 Å². The number of hydrogen-bond donors (Lipinski definition) is 0. The van der Waals surface area contributed by atoms with Crippen LogP contribution in [-0.4, -0.2) is 23.9 Å². The molecule has 0 saturated heterocycles. The van der Waals surface area contributed by atoms with Crippen molar-refractivity contribution in [2.24, 2.45) is 0 Å². The Balaban J connectivity index is 2.52. The van der Waals surface area contributed by atoms with Crippen molar-refractivity contribution in [3.05, 3.63) is 24.3 Å². The Bertz CT molecular complexity index is 206. The smallest absolute Gasteiger partial charge is 0.246 e. The van der Waals surface area contributed by atoms with E-state index in [4.69, 9.17) is 0 Å². The van der Waals surface area contributed by atoms with Gasteiger partial charge >= 0.3 is 0 Å². The highest BCUT2D eigenvalue weighted by Crippen LogP contribution is 2.04. The van der Waals surface area contributed by atoms with Crippen LogP contribution in [0, 0.1) is 0 Å². The van der Waals surface area contributed by atoms with Crippen LogP contribution in [0.15, 0.2) is 24.3 Å². The van der Waals surface area contributed by atoms with E-state index in [-0.39, 0.29) is 5.91 Å². The molecule has 2 nitrogen and oxygen atoms in total. The SMILES string of the molecule is C=C(C)CN1CCC=CC1=O. The summed E-state index contributed by atoms with van der Waals surface area (Å²) in [5, 5.41) is 0. The van der Waals surface area contributed by atoms with Crippen LogP contribution in [0.25, 0.3) is 0 Å². The molecular weight excluding hydrogens is 138 g/mol. The molecule has 0 bridgehead atoms. The Labute approximate surface area is 67.2 Å². The van der Waals surface area contributed by atoms with Crippen LogP contribution >= 0.6 is 0 Å².